The molecule has 18 heavy (non-hydrogen) atoms. The lowest BCUT2D eigenvalue weighted by Gasteiger charge is -1.99. The van der Waals surface area contributed by atoms with Crippen molar-refractivity contribution in [3.8, 4) is 11.3 Å². The van der Waals surface area contributed by atoms with E-state index in [1.54, 1.807) is 25.1 Å². The minimum atomic E-state index is -0.363. The molecule has 2 heterocycles. The van der Waals surface area contributed by atoms with E-state index in [1.807, 2.05) is 0 Å². The molecule has 5 heteroatoms. The third-order valence-electron chi connectivity index (χ3n) is 2.82. The van der Waals surface area contributed by atoms with E-state index >= 15 is 0 Å². The molecule has 0 saturated heterocycles. The molecule has 3 aromatic rings. The van der Waals surface area contributed by atoms with E-state index in [0.29, 0.717) is 34.2 Å². The van der Waals surface area contributed by atoms with Crippen molar-refractivity contribution in [2.24, 2.45) is 0 Å². The molecule has 2 aromatic heterocycles. The van der Waals surface area contributed by atoms with Crippen molar-refractivity contribution in [3.63, 3.8) is 0 Å². The van der Waals surface area contributed by atoms with Crippen LogP contribution in [-0.2, 0) is 0 Å². The van der Waals surface area contributed by atoms with Crippen LogP contribution in [0.15, 0.2) is 28.7 Å². The van der Waals surface area contributed by atoms with E-state index in [-0.39, 0.29) is 11.6 Å². The largest absolute Gasteiger partial charge is 0.453 e. The fourth-order valence-electron chi connectivity index (χ4n) is 1.97. The van der Waals surface area contributed by atoms with Crippen LogP contribution in [0.2, 0.25) is 0 Å². The number of aromatic nitrogens is 2. The lowest BCUT2D eigenvalue weighted by molar-refractivity contribution is 0.110. The maximum Gasteiger partial charge on any atom is 0.185 e. The Morgan fingerprint density at radius 2 is 2.22 bits per heavy atom. The highest BCUT2D eigenvalue weighted by atomic mass is 19.1. The molecule has 1 N–H and O–H groups in total. The number of hydrogen-bond donors (Lipinski definition) is 1. The first-order chi connectivity index (χ1) is 8.69. The number of nitrogens with zero attached hydrogens (tertiary/aromatic N) is 1. The zero-order valence-electron chi connectivity index (χ0n) is 9.53. The monoisotopic (exact) mass is 244 g/mol. The summed E-state index contributed by atoms with van der Waals surface area (Å²) in [4.78, 5) is 10.5. The Balaban J connectivity index is 2.21. The number of fused-ring (bicyclic) bond motifs is 1. The van der Waals surface area contributed by atoms with Crippen LogP contribution in [0.25, 0.3) is 22.2 Å². The maximum atomic E-state index is 13.9. The number of benzene rings is 1. The van der Waals surface area contributed by atoms with Gasteiger partial charge >= 0.3 is 0 Å². The van der Waals surface area contributed by atoms with Crippen molar-refractivity contribution in [2.45, 2.75) is 6.92 Å². The summed E-state index contributed by atoms with van der Waals surface area (Å²) in [6.45, 7) is 1.76. The number of H-pyrrole nitrogens is 1. The molecule has 0 radical (unpaired) electrons. The van der Waals surface area contributed by atoms with Crippen LogP contribution in [0, 0.1) is 12.7 Å². The van der Waals surface area contributed by atoms with E-state index in [0.717, 1.165) is 0 Å². The number of aryl methyl sites for hydroxylation is 1. The van der Waals surface area contributed by atoms with Crippen molar-refractivity contribution >= 4 is 17.2 Å². The molecule has 0 aliphatic rings. The fraction of sp³-hybridized carbons (Fsp3) is 0.0769. The van der Waals surface area contributed by atoms with Crippen LogP contribution in [0.1, 0.15) is 16.2 Å². The van der Waals surface area contributed by atoms with Gasteiger partial charge in [-0.2, -0.15) is 5.10 Å². The van der Waals surface area contributed by atoms with Crippen molar-refractivity contribution in [1.29, 1.82) is 0 Å². The highest BCUT2D eigenvalue weighted by Crippen LogP contribution is 2.28. The van der Waals surface area contributed by atoms with Crippen LogP contribution in [0.5, 0.6) is 0 Å². The molecular weight excluding hydrogens is 235 g/mol. The molecule has 0 fully saturated rings. The first-order valence-corrected chi connectivity index (χ1v) is 5.38. The van der Waals surface area contributed by atoms with Gasteiger partial charge in [-0.15, -0.1) is 0 Å². The Labute approximate surface area is 101 Å². The molecule has 4 nitrogen and oxygen atoms in total. The summed E-state index contributed by atoms with van der Waals surface area (Å²) in [5.74, 6) is 0.292. The minimum Gasteiger partial charge on any atom is -0.453 e. The molecule has 0 amide bonds. The molecule has 0 unspecified atom stereocenters. The van der Waals surface area contributed by atoms with Crippen LogP contribution in [0.4, 0.5) is 4.39 Å². The van der Waals surface area contributed by atoms with Crippen molar-refractivity contribution < 1.29 is 13.6 Å². The number of nitrogens with one attached hydrogen (secondary N) is 1. The quantitative estimate of drug-likeness (QED) is 0.705. The van der Waals surface area contributed by atoms with Gasteiger partial charge in [0.1, 0.15) is 11.6 Å². The highest BCUT2D eigenvalue weighted by Gasteiger charge is 2.12. The standard InChI is InChI=1S/C13H9FN2O2/c1-7-13-10(14)4-8(5-11(13)16-15-7)12-3-2-9(6-17)18-12/h2-6H,1H3,(H,15,16). The van der Waals surface area contributed by atoms with Gasteiger partial charge in [0.2, 0.25) is 0 Å². The average molecular weight is 244 g/mol. The molecule has 0 aliphatic heterocycles. The molecule has 0 saturated carbocycles. The number of furan rings is 1. The van der Waals surface area contributed by atoms with Gasteiger partial charge in [0.15, 0.2) is 12.0 Å². The predicted octanol–water partition coefficient (Wildman–Crippen LogP) is 3.08. The van der Waals surface area contributed by atoms with Gasteiger partial charge in [0.25, 0.3) is 0 Å². The van der Waals surface area contributed by atoms with Gasteiger partial charge < -0.3 is 4.42 Å². The summed E-state index contributed by atoms with van der Waals surface area (Å²) >= 11 is 0. The van der Waals surface area contributed by atoms with Crippen LogP contribution in [0.3, 0.4) is 0 Å². The average Bonchev–Trinajstić information content (AvgIpc) is 2.96. The maximum absolute atomic E-state index is 13.9. The van der Waals surface area contributed by atoms with E-state index < -0.39 is 0 Å². The SMILES string of the molecule is Cc1[nH]nc2cc(-c3ccc(C=O)o3)cc(F)c12. The Kier molecular flexibility index (Phi) is 2.26. The molecule has 0 atom stereocenters. The fourth-order valence-corrected chi connectivity index (χ4v) is 1.97. The van der Waals surface area contributed by atoms with E-state index in [1.165, 1.54) is 6.07 Å². The topological polar surface area (TPSA) is 58.9 Å². The Hall–Kier alpha value is -2.43. The van der Waals surface area contributed by atoms with Crippen molar-refractivity contribution in [3.05, 3.63) is 41.5 Å². The number of halogens is 1. The summed E-state index contributed by atoms with van der Waals surface area (Å²) in [5, 5.41) is 7.22. The summed E-state index contributed by atoms with van der Waals surface area (Å²) in [5.41, 5.74) is 1.77. The Morgan fingerprint density at radius 3 is 2.94 bits per heavy atom. The second kappa shape index (κ2) is 3.80. The summed E-state index contributed by atoms with van der Waals surface area (Å²) in [6.07, 6.45) is 0.608. The zero-order chi connectivity index (χ0) is 12.7. The lowest BCUT2D eigenvalue weighted by Crippen LogP contribution is -1.82. The first kappa shape index (κ1) is 10.7. The van der Waals surface area contributed by atoms with Crippen LogP contribution in [-0.4, -0.2) is 16.5 Å². The molecule has 90 valence electrons. The van der Waals surface area contributed by atoms with E-state index in [4.69, 9.17) is 4.42 Å². The second-order valence-electron chi connectivity index (χ2n) is 4.02. The van der Waals surface area contributed by atoms with Crippen molar-refractivity contribution in [2.75, 3.05) is 0 Å². The molecule has 3 rings (SSSR count). The van der Waals surface area contributed by atoms with Gasteiger partial charge in [-0.1, -0.05) is 0 Å². The molecular formula is C13H9FN2O2. The third-order valence-corrected chi connectivity index (χ3v) is 2.82. The van der Waals surface area contributed by atoms with Crippen molar-refractivity contribution in [1.82, 2.24) is 10.2 Å². The summed E-state index contributed by atoms with van der Waals surface area (Å²) in [7, 11) is 0. The third kappa shape index (κ3) is 1.52. The molecule has 0 bridgehead atoms. The summed E-state index contributed by atoms with van der Waals surface area (Å²) in [6, 6.07) is 6.26. The van der Waals surface area contributed by atoms with E-state index in [2.05, 4.69) is 10.2 Å². The van der Waals surface area contributed by atoms with Gasteiger partial charge in [-0.05, 0) is 31.2 Å². The number of rotatable bonds is 2. The minimum absolute atomic E-state index is 0.212. The number of aldehydes is 1. The normalized spacial score (nSPS) is 11.0. The van der Waals surface area contributed by atoms with Gasteiger partial charge in [0.05, 0.1) is 10.9 Å². The van der Waals surface area contributed by atoms with Gasteiger partial charge in [0, 0.05) is 11.3 Å². The number of carbonyl (C=O) groups excluding carboxylic acids is 1. The van der Waals surface area contributed by atoms with E-state index in [9.17, 15) is 9.18 Å². The Bertz CT molecular complexity index is 743. The number of carbonyl (C=O) groups is 1. The molecule has 1 aromatic carbocycles. The van der Waals surface area contributed by atoms with Crippen LogP contribution < -0.4 is 0 Å². The first-order valence-electron chi connectivity index (χ1n) is 5.38. The molecule has 0 spiro atoms. The zero-order valence-corrected chi connectivity index (χ0v) is 9.53. The highest BCUT2D eigenvalue weighted by molar-refractivity contribution is 5.86. The predicted molar refractivity (Wildman–Crippen MR) is 63.9 cm³/mol. The Morgan fingerprint density at radius 1 is 1.39 bits per heavy atom. The number of aromatic amines is 1. The summed E-state index contributed by atoms with van der Waals surface area (Å²) < 4.78 is 19.2. The van der Waals surface area contributed by atoms with Crippen LogP contribution >= 0.6 is 0 Å². The van der Waals surface area contributed by atoms with Gasteiger partial charge in [-0.3, -0.25) is 9.89 Å². The molecule has 0 aliphatic carbocycles. The smallest absolute Gasteiger partial charge is 0.185 e. The number of hydrogen-bond acceptors (Lipinski definition) is 3. The van der Waals surface area contributed by atoms with Gasteiger partial charge in [-0.25, -0.2) is 4.39 Å². The lowest BCUT2D eigenvalue weighted by atomic mass is 10.1. The second-order valence-corrected chi connectivity index (χ2v) is 4.02.